The van der Waals surface area contributed by atoms with Crippen LogP contribution < -0.4 is 14.8 Å². The monoisotopic (exact) mass is 381 g/mol. The van der Waals surface area contributed by atoms with Gasteiger partial charge < -0.3 is 14.8 Å². The maximum Gasteiger partial charge on any atom is 0.221 e. The molecule has 1 amide bonds. The second-order valence-corrected chi connectivity index (χ2v) is 9.09. The summed E-state index contributed by atoms with van der Waals surface area (Å²) in [6.45, 7) is 0.862. The van der Waals surface area contributed by atoms with Crippen LogP contribution in [0.3, 0.4) is 0 Å². The van der Waals surface area contributed by atoms with Crippen LogP contribution in [0, 0.1) is 0 Å². The summed E-state index contributed by atoms with van der Waals surface area (Å²) < 4.78 is 35.9. The van der Waals surface area contributed by atoms with Gasteiger partial charge in [-0.15, -0.1) is 0 Å². The predicted octanol–water partition coefficient (Wildman–Crippen LogP) is 2.85. The van der Waals surface area contributed by atoms with Crippen LogP contribution in [0.25, 0.3) is 0 Å². The van der Waals surface area contributed by atoms with Crippen LogP contribution in [0.5, 0.6) is 11.5 Å². The Labute approximate surface area is 155 Å². The number of benzene rings is 1. The Kier molecular flexibility index (Phi) is 6.40. The van der Waals surface area contributed by atoms with E-state index in [-0.39, 0.29) is 29.0 Å². The highest BCUT2D eigenvalue weighted by Crippen LogP contribution is 2.32. The molecule has 1 aromatic rings. The van der Waals surface area contributed by atoms with E-state index in [1.54, 1.807) is 6.07 Å². The van der Waals surface area contributed by atoms with Crippen LogP contribution in [0.2, 0.25) is 0 Å². The molecule has 1 aliphatic carbocycles. The van der Waals surface area contributed by atoms with E-state index in [0.29, 0.717) is 24.7 Å². The molecule has 1 saturated carbocycles. The fourth-order valence-electron chi connectivity index (χ4n) is 3.46. The summed E-state index contributed by atoms with van der Waals surface area (Å²) in [6, 6.07) is 4.78. The molecule has 1 N–H and O–H groups in total. The third-order valence-corrected chi connectivity index (χ3v) is 6.65. The average molecular weight is 381 g/mol. The zero-order valence-electron chi connectivity index (χ0n) is 15.0. The predicted molar refractivity (Wildman–Crippen MR) is 98.4 cm³/mol. The van der Waals surface area contributed by atoms with E-state index in [4.69, 9.17) is 9.47 Å². The van der Waals surface area contributed by atoms with Gasteiger partial charge in [0.15, 0.2) is 21.3 Å². The van der Waals surface area contributed by atoms with Gasteiger partial charge in [0.25, 0.3) is 0 Å². The topological polar surface area (TPSA) is 81.7 Å². The SMILES string of the molecule is O=C(CCS(=O)(=O)c1ccc2c(c1)OCCO2)NC1CCCCCCC1. The van der Waals surface area contributed by atoms with Gasteiger partial charge in [-0.05, 0) is 25.0 Å². The van der Waals surface area contributed by atoms with Crippen molar-refractivity contribution in [3.8, 4) is 11.5 Å². The minimum atomic E-state index is -3.54. The zero-order chi connectivity index (χ0) is 18.4. The second kappa shape index (κ2) is 8.75. The first-order valence-corrected chi connectivity index (χ1v) is 11.1. The molecular formula is C19H27NO5S. The highest BCUT2D eigenvalue weighted by Gasteiger charge is 2.21. The summed E-state index contributed by atoms with van der Waals surface area (Å²) in [5.74, 6) is 0.607. The number of sulfone groups is 1. The van der Waals surface area contributed by atoms with Gasteiger partial charge in [-0.1, -0.05) is 32.1 Å². The summed E-state index contributed by atoms with van der Waals surface area (Å²) >= 11 is 0. The standard InChI is InChI=1S/C19H27NO5S/c21-19(20-15-6-4-2-1-3-5-7-15)10-13-26(22,23)16-8-9-17-18(14-16)25-12-11-24-17/h8-9,14-15H,1-7,10-13H2,(H,20,21). The van der Waals surface area contributed by atoms with Crippen molar-refractivity contribution >= 4 is 15.7 Å². The lowest BCUT2D eigenvalue weighted by molar-refractivity contribution is -0.121. The average Bonchev–Trinajstić information content (AvgIpc) is 2.62. The van der Waals surface area contributed by atoms with Crippen LogP contribution in [-0.2, 0) is 14.6 Å². The molecule has 1 aliphatic heterocycles. The fraction of sp³-hybridized carbons (Fsp3) is 0.632. The van der Waals surface area contributed by atoms with Gasteiger partial charge >= 0.3 is 0 Å². The highest BCUT2D eigenvalue weighted by molar-refractivity contribution is 7.91. The van der Waals surface area contributed by atoms with Crippen LogP contribution in [-0.4, -0.2) is 39.3 Å². The normalized spacial score (nSPS) is 18.6. The molecule has 0 aromatic heterocycles. The first-order valence-electron chi connectivity index (χ1n) is 9.46. The maximum atomic E-state index is 12.5. The number of carbonyl (C=O) groups excluding carboxylic acids is 1. The summed E-state index contributed by atoms with van der Waals surface area (Å²) in [6.07, 6.45) is 7.90. The smallest absolute Gasteiger partial charge is 0.221 e. The maximum absolute atomic E-state index is 12.5. The van der Waals surface area contributed by atoms with Crippen LogP contribution in [0.4, 0.5) is 0 Å². The number of hydrogen-bond donors (Lipinski definition) is 1. The van der Waals surface area contributed by atoms with Crippen molar-refractivity contribution in [2.75, 3.05) is 19.0 Å². The van der Waals surface area contributed by atoms with Gasteiger partial charge in [0.05, 0.1) is 10.6 Å². The van der Waals surface area contributed by atoms with E-state index in [0.717, 1.165) is 25.7 Å². The van der Waals surface area contributed by atoms with Crippen molar-refractivity contribution in [2.24, 2.45) is 0 Å². The van der Waals surface area contributed by atoms with E-state index in [2.05, 4.69) is 5.32 Å². The molecule has 0 radical (unpaired) electrons. The zero-order valence-corrected chi connectivity index (χ0v) is 15.9. The van der Waals surface area contributed by atoms with E-state index in [1.807, 2.05) is 0 Å². The number of carbonyl (C=O) groups is 1. The van der Waals surface area contributed by atoms with E-state index >= 15 is 0 Å². The number of amides is 1. The molecule has 6 nitrogen and oxygen atoms in total. The number of fused-ring (bicyclic) bond motifs is 1. The molecular weight excluding hydrogens is 354 g/mol. The molecule has 0 saturated heterocycles. The van der Waals surface area contributed by atoms with Gasteiger partial charge in [0.2, 0.25) is 5.91 Å². The van der Waals surface area contributed by atoms with Crippen molar-refractivity contribution in [2.45, 2.75) is 62.3 Å². The molecule has 3 rings (SSSR count). The van der Waals surface area contributed by atoms with Gasteiger partial charge in [-0.2, -0.15) is 0 Å². The minimum absolute atomic E-state index is 0.0206. The molecule has 1 heterocycles. The second-order valence-electron chi connectivity index (χ2n) is 6.98. The van der Waals surface area contributed by atoms with Crippen molar-refractivity contribution in [1.82, 2.24) is 5.32 Å². The largest absolute Gasteiger partial charge is 0.486 e. The first-order chi connectivity index (χ1) is 12.5. The quantitative estimate of drug-likeness (QED) is 0.848. The lowest BCUT2D eigenvalue weighted by Gasteiger charge is -2.21. The molecule has 1 aromatic carbocycles. The van der Waals surface area contributed by atoms with E-state index in [1.165, 1.54) is 31.4 Å². The first kappa shape index (κ1) is 19.0. The Bertz CT molecular complexity index is 723. The summed E-state index contributed by atoms with van der Waals surface area (Å²) in [7, 11) is -3.54. The third kappa shape index (κ3) is 5.13. The fourth-order valence-corrected chi connectivity index (χ4v) is 4.71. The minimum Gasteiger partial charge on any atom is -0.486 e. The van der Waals surface area contributed by atoms with Crippen LogP contribution in [0.1, 0.15) is 51.4 Å². The Morgan fingerprint density at radius 2 is 1.65 bits per heavy atom. The summed E-state index contributed by atoms with van der Waals surface area (Å²) in [4.78, 5) is 12.4. The molecule has 1 fully saturated rings. The Balaban J connectivity index is 1.55. The van der Waals surface area contributed by atoms with Gasteiger partial charge in [-0.3, -0.25) is 4.79 Å². The van der Waals surface area contributed by atoms with Gasteiger partial charge in [0, 0.05) is 18.5 Å². The number of rotatable bonds is 5. The Morgan fingerprint density at radius 1 is 1.00 bits per heavy atom. The van der Waals surface area contributed by atoms with Gasteiger partial charge in [0.1, 0.15) is 13.2 Å². The lowest BCUT2D eigenvalue weighted by Crippen LogP contribution is -2.36. The molecule has 0 spiro atoms. The molecule has 2 aliphatic rings. The molecule has 0 bridgehead atoms. The third-order valence-electron chi connectivity index (χ3n) is 4.94. The van der Waals surface area contributed by atoms with Crippen molar-refractivity contribution < 1.29 is 22.7 Å². The van der Waals surface area contributed by atoms with Crippen molar-refractivity contribution in [3.63, 3.8) is 0 Å². The molecule has 0 atom stereocenters. The lowest BCUT2D eigenvalue weighted by atomic mass is 9.97. The Morgan fingerprint density at radius 3 is 2.38 bits per heavy atom. The summed E-state index contributed by atoms with van der Waals surface area (Å²) in [5.41, 5.74) is 0. The summed E-state index contributed by atoms with van der Waals surface area (Å²) in [5, 5.41) is 3.01. The van der Waals surface area contributed by atoms with E-state index < -0.39 is 9.84 Å². The van der Waals surface area contributed by atoms with E-state index in [9.17, 15) is 13.2 Å². The van der Waals surface area contributed by atoms with Crippen molar-refractivity contribution in [1.29, 1.82) is 0 Å². The number of nitrogens with one attached hydrogen (secondary N) is 1. The van der Waals surface area contributed by atoms with Crippen molar-refractivity contribution in [3.05, 3.63) is 18.2 Å². The molecule has 144 valence electrons. The van der Waals surface area contributed by atoms with Gasteiger partial charge in [-0.25, -0.2) is 8.42 Å². The molecule has 26 heavy (non-hydrogen) atoms. The molecule has 0 unspecified atom stereocenters. The molecule has 7 heteroatoms. The number of ether oxygens (including phenoxy) is 2. The van der Waals surface area contributed by atoms with Crippen LogP contribution in [0.15, 0.2) is 23.1 Å². The van der Waals surface area contributed by atoms with Crippen LogP contribution >= 0.6 is 0 Å². The highest BCUT2D eigenvalue weighted by atomic mass is 32.2. The number of hydrogen-bond acceptors (Lipinski definition) is 5. The Hall–Kier alpha value is -1.76.